The summed E-state index contributed by atoms with van der Waals surface area (Å²) in [5.74, 6) is 0. The van der Waals surface area contributed by atoms with E-state index in [4.69, 9.17) is 16.7 Å². The molecule has 0 aliphatic carbocycles. The molecule has 60 valence electrons. The Morgan fingerprint density at radius 3 is 3.00 bits per heavy atom. The van der Waals surface area contributed by atoms with E-state index in [1.807, 2.05) is 6.07 Å². The Kier molecular flexibility index (Phi) is 3.33. The highest BCUT2D eigenvalue weighted by Crippen LogP contribution is 2.14. The molecule has 3 heteroatoms. The van der Waals surface area contributed by atoms with Crippen LogP contribution in [0.3, 0.4) is 0 Å². The average Bonchev–Trinajstić information content (AvgIpc) is 2.03. The second-order valence-corrected chi connectivity index (χ2v) is 2.70. The fourth-order valence-electron chi connectivity index (χ4n) is 0.876. The molecular formula is C8H10ClNO. The molecule has 1 aromatic heterocycles. The highest BCUT2D eigenvalue weighted by molar-refractivity contribution is 6.31. The average molecular weight is 172 g/mol. The monoisotopic (exact) mass is 171 g/mol. The molecule has 0 bridgehead atoms. The zero-order valence-corrected chi connectivity index (χ0v) is 6.88. The lowest BCUT2D eigenvalue weighted by Crippen LogP contribution is -1.90. The van der Waals surface area contributed by atoms with Gasteiger partial charge in [-0.05, 0) is 24.5 Å². The van der Waals surface area contributed by atoms with Gasteiger partial charge in [0.1, 0.15) is 0 Å². The van der Waals surface area contributed by atoms with Crippen molar-refractivity contribution in [2.75, 3.05) is 6.61 Å². The number of rotatable bonds is 3. The third-order valence-corrected chi connectivity index (χ3v) is 1.80. The first-order valence-electron chi connectivity index (χ1n) is 3.54. The van der Waals surface area contributed by atoms with Crippen LogP contribution in [0.1, 0.15) is 12.0 Å². The number of hydrogen-bond donors (Lipinski definition) is 1. The molecule has 1 N–H and O–H groups in total. The minimum atomic E-state index is 0.207. The Labute approximate surface area is 70.8 Å². The number of hydrogen-bond acceptors (Lipinski definition) is 2. The van der Waals surface area contributed by atoms with Crippen LogP contribution >= 0.6 is 11.6 Å². The highest BCUT2D eigenvalue weighted by Gasteiger charge is 1.97. The molecule has 0 amide bonds. The van der Waals surface area contributed by atoms with E-state index in [0.717, 1.165) is 18.4 Å². The van der Waals surface area contributed by atoms with Crippen molar-refractivity contribution >= 4 is 11.6 Å². The normalized spacial score (nSPS) is 10.0. The Morgan fingerprint density at radius 2 is 2.36 bits per heavy atom. The lowest BCUT2D eigenvalue weighted by Gasteiger charge is -1.99. The van der Waals surface area contributed by atoms with Crippen LogP contribution in [0, 0.1) is 0 Å². The van der Waals surface area contributed by atoms with Crippen LogP contribution in [0.2, 0.25) is 5.02 Å². The fourth-order valence-corrected chi connectivity index (χ4v) is 1.09. The van der Waals surface area contributed by atoms with Gasteiger partial charge in [-0.15, -0.1) is 0 Å². The summed E-state index contributed by atoms with van der Waals surface area (Å²) in [5.41, 5.74) is 1.05. The van der Waals surface area contributed by atoms with Gasteiger partial charge in [-0.2, -0.15) is 0 Å². The number of aryl methyl sites for hydroxylation is 1. The van der Waals surface area contributed by atoms with E-state index in [1.54, 1.807) is 12.4 Å². The quantitative estimate of drug-likeness (QED) is 0.751. The first-order chi connectivity index (χ1) is 5.34. The smallest absolute Gasteiger partial charge is 0.0621 e. The van der Waals surface area contributed by atoms with Gasteiger partial charge in [-0.25, -0.2) is 0 Å². The van der Waals surface area contributed by atoms with Crippen LogP contribution in [0.5, 0.6) is 0 Å². The maximum atomic E-state index is 8.56. The third kappa shape index (κ3) is 2.48. The molecule has 0 unspecified atom stereocenters. The molecule has 11 heavy (non-hydrogen) atoms. The number of aliphatic hydroxyl groups excluding tert-OH is 1. The lowest BCUT2D eigenvalue weighted by molar-refractivity contribution is 0.288. The third-order valence-electron chi connectivity index (χ3n) is 1.46. The number of aliphatic hydroxyl groups is 1. The van der Waals surface area contributed by atoms with Crippen LogP contribution in [0.15, 0.2) is 18.5 Å². The Morgan fingerprint density at radius 1 is 1.55 bits per heavy atom. The summed E-state index contributed by atoms with van der Waals surface area (Å²) in [4.78, 5) is 3.86. The zero-order chi connectivity index (χ0) is 8.10. The molecule has 1 aromatic rings. The van der Waals surface area contributed by atoms with Crippen molar-refractivity contribution in [1.29, 1.82) is 0 Å². The van der Waals surface area contributed by atoms with Gasteiger partial charge in [0, 0.05) is 19.0 Å². The van der Waals surface area contributed by atoms with Gasteiger partial charge in [-0.3, -0.25) is 4.98 Å². The number of pyridine rings is 1. The van der Waals surface area contributed by atoms with Crippen molar-refractivity contribution in [2.45, 2.75) is 12.8 Å². The fraction of sp³-hybridized carbons (Fsp3) is 0.375. The van der Waals surface area contributed by atoms with Gasteiger partial charge in [-0.1, -0.05) is 11.6 Å². The first kappa shape index (κ1) is 8.50. The Hall–Kier alpha value is -0.600. The predicted molar refractivity (Wildman–Crippen MR) is 44.7 cm³/mol. The van der Waals surface area contributed by atoms with Crippen molar-refractivity contribution in [3.8, 4) is 0 Å². The van der Waals surface area contributed by atoms with E-state index >= 15 is 0 Å². The van der Waals surface area contributed by atoms with E-state index in [1.165, 1.54) is 0 Å². The molecule has 0 aromatic carbocycles. The molecule has 0 radical (unpaired) electrons. The van der Waals surface area contributed by atoms with Gasteiger partial charge in [0.05, 0.1) is 5.02 Å². The first-order valence-corrected chi connectivity index (χ1v) is 3.91. The largest absolute Gasteiger partial charge is 0.396 e. The van der Waals surface area contributed by atoms with E-state index in [0.29, 0.717) is 5.02 Å². The summed E-state index contributed by atoms with van der Waals surface area (Å²) in [6.45, 7) is 0.207. The van der Waals surface area contributed by atoms with Crippen molar-refractivity contribution in [1.82, 2.24) is 4.98 Å². The predicted octanol–water partition coefficient (Wildman–Crippen LogP) is 1.66. The summed E-state index contributed by atoms with van der Waals surface area (Å²) in [5, 5.41) is 9.24. The van der Waals surface area contributed by atoms with Crippen molar-refractivity contribution in [3.05, 3.63) is 29.0 Å². The molecule has 0 aliphatic heterocycles. The van der Waals surface area contributed by atoms with Gasteiger partial charge >= 0.3 is 0 Å². The second-order valence-electron chi connectivity index (χ2n) is 2.29. The summed E-state index contributed by atoms with van der Waals surface area (Å²) in [7, 11) is 0. The van der Waals surface area contributed by atoms with E-state index in [2.05, 4.69) is 4.98 Å². The summed E-state index contributed by atoms with van der Waals surface area (Å²) < 4.78 is 0. The lowest BCUT2D eigenvalue weighted by atomic mass is 10.1. The minimum absolute atomic E-state index is 0.207. The Balaban J connectivity index is 2.62. The van der Waals surface area contributed by atoms with E-state index < -0.39 is 0 Å². The zero-order valence-electron chi connectivity index (χ0n) is 6.13. The van der Waals surface area contributed by atoms with Gasteiger partial charge < -0.3 is 5.11 Å². The molecule has 1 heterocycles. The maximum absolute atomic E-state index is 8.56. The van der Waals surface area contributed by atoms with Gasteiger partial charge in [0.15, 0.2) is 0 Å². The van der Waals surface area contributed by atoms with E-state index in [-0.39, 0.29) is 6.61 Å². The summed E-state index contributed by atoms with van der Waals surface area (Å²) in [6.07, 6.45) is 4.90. The molecule has 1 rings (SSSR count). The van der Waals surface area contributed by atoms with Crippen LogP contribution in [-0.4, -0.2) is 16.7 Å². The Bertz CT molecular complexity index is 227. The van der Waals surface area contributed by atoms with Crippen LogP contribution in [0.4, 0.5) is 0 Å². The SMILES string of the molecule is OCCCc1ccncc1Cl. The van der Waals surface area contributed by atoms with Crippen molar-refractivity contribution < 1.29 is 5.11 Å². The van der Waals surface area contributed by atoms with Crippen LogP contribution in [0.25, 0.3) is 0 Å². The molecule has 0 saturated heterocycles. The second kappa shape index (κ2) is 4.31. The summed E-state index contributed by atoms with van der Waals surface area (Å²) in [6, 6.07) is 1.87. The molecule has 0 saturated carbocycles. The molecule has 0 fully saturated rings. The standard InChI is InChI=1S/C8H10ClNO/c9-8-6-10-4-3-7(8)2-1-5-11/h3-4,6,11H,1-2,5H2. The van der Waals surface area contributed by atoms with Gasteiger partial charge in [0.2, 0.25) is 0 Å². The summed E-state index contributed by atoms with van der Waals surface area (Å²) >= 11 is 5.82. The van der Waals surface area contributed by atoms with Crippen molar-refractivity contribution in [3.63, 3.8) is 0 Å². The molecule has 0 spiro atoms. The van der Waals surface area contributed by atoms with Gasteiger partial charge in [0.25, 0.3) is 0 Å². The van der Waals surface area contributed by atoms with Crippen molar-refractivity contribution in [2.24, 2.45) is 0 Å². The number of halogens is 1. The molecule has 0 atom stereocenters. The number of aromatic nitrogens is 1. The highest BCUT2D eigenvalue weighted by atomic mass is 35.5. The maximum Gasteiger partial charge on any atom is 0.0621 e. The van der Waals surface area contributed by atoms with Crippen LogP contribution < -0.4 is 0 Å². The van der Waals surface area contributed by atoms with Crippen LogP contribution in [-0.2, 0) is 6.42 Å². The number of nitrogens with zero attached hydrogens (tertiary/aromatic N) is 1. The minimum Gasteiger partial charge on any atom is -0.396 e. The molecule has 2 nitrogen and oxygen atoms in total. The molecular weight excluding hydrogens is 162 g/mol. The molecule has 0 aliphatic rings. The van der Waals surface area contributed by atoms with E-state index in [9.17, 15) is 0 Å². The topological polar surface area (TPSA) is 33.1 Å².